The predicted octanol–water partition coefficient (Wildman–Crippen LogP) is 1.85. The van der Waals surface area contributed by atoms with Gasteiger partial charge in [-0.05, 0) is 42.5 Å². The second kappa shape index (κ2) is 7.36. The average molecular weight is 352 g/mol. The second-order valence-electron chi connectivity index (χ2n) is 4.65. The van der Waals surface area contributed by atoms with Crippen LogP contribution in [-0.2, 0) is 10.0 Å². The number of hydrogen-bond donors (Lipinski definition) is 2. The van der Waals surface area contributed by atoms with E-state index in [1.807, 2.05) is 0 Å². The minimum Gasteiger partial charge on any atom is -0.463 e. The third-order valence-electron chi connectivity index (χ3n) is 2.77. The third-order valence-corrected chi connectivity index (χ3v) is 4.78. The van der Waals surface area contributed by atoms with Crippen molar-refractivity contribution in [2.75, 3.05) is 19.4 Å². The van der Waals surface area contributed by atoms with Crippen LogP contribution in [0.2, 0.25) is 0 Å². The fraction of sp³-hybridized carbons (Fsp3) is 0.143. The molecule has 0 aliphatic heterocycles. The molecule has 0 bridgehead atoms. The molecule has 7 nitrogen and oxygen atoms in total. The molecule has 2 aromatic rings. The van der Waals surface area contributed by atoms with E-state index in [-0.39, 0.29) is 10.0 Å². The molecular formula is C14H16N4O3S2. The quantitative estimate of drug-likeness (QED) is 0.485. The Bertz CT molecular complexity index is 799. The van der Waals surface area contributed by atoms with Crippen molar-refractivity contribution < 1.29 is 12.8 Å². The van der Waals surface area contributed by atoms with Crippen LogP contribution in [0.15, 0.2) is 57.1 Å². The zero-order valence-corrected chi connectivity index (χ0v) is 14.2. The summed E-state index contributed by atoms with van der Waals surface area (Å²) < 4.78 is 30.4. The summed E-state index contributed by atoms with van der Waals surface area (Å²) in [5.41, 5.74) is 3.16. The van der Waals surface area contributed by atoms with Crippen LogP contribution in [0.3, 0.4) is 0 Å². The van der Waals surface area contributed by atoms with Gasteiger partial charge < -0.3 is 9.73 Å². The van der Waals surface area contributed by atoms with Gasteiger partial charge in [-0.1, -0.05) is 6.07 Å². The molecular weight excluding hydrogens is 336 g/mol. The van der Waals surface area contributed by atoms with Gasteiger partial charge in [-0.15, -0.1) is 0 Å². The first-order valence-electron chi connectivity index (χ1n) is 6.56. The first-order chi connectivity index (χ1) is 10.9. The Morgan fingerprint density at radius 2 is 2.09 bits per heavy atom. The molecule has 0 radical (unpaired) electrons. The standard InChI is InChI=1S/C14H16N4O3S2/c1-18(2)23(19,20)13-7-3-5-11(9-13)16-14(22)17-15-10-12-6-4-8-21-12/h3-10H,1-2H3,(H2,16,17,22). The van der Waals surface area contributed by atoms with E-state index in [0.717, 1.165) is 4.31 Å². The predicted molar refractivity (Wildman–Crippen MR) is 93.0 cm³/mol. The molecule has 1 heterocycles. The molecule has 0 aliphatic rings. The summed E-state index contributed by atoms with van der Waals surface area (Å²) in [6.07, 6.45) is 3.01. The van der Waals surface area contributed by atoms with Crippen molar-refractivity contribution in [1.82, 2.24) is 9.73 Å². The van der Waals surface area contributed by atoms with E-state index in [1.165, 1.54) is 38.7 Å². The van der Waals surface area contributed by atoms with E-state index in [2.05, 4.69) is 15.8 Å². The van der Waals surface area contributed by atoms with Crippen LogP contribution < -0.4 is 10.7 Å². The summed E-state index contributed by atoms with van der Waals surface area (Å²) >= 11 is 5.09. The summed E-state index contributed by atoms with van der Waals surface area (Å²) in [5.74, 6) is 0.583. The molecule has 0 spiro atoms. The number of thiocarbonyl (C=S) groups is 1. The smallest absolute Gasteiger partial charge is 0.242 e. The molecule has 1 aromatic heterocycles. The Morgan fingerprint density at radius 3 is 2.74 bits per heavy atom. The maximum atomic E-state index is 12.1. The maximum Gasteiger partial charge on any atom is 0.242 e. The number of hydrazone groups is 1. The topological polar surface area (TPSA) is 86.9 Å². The first-order valence-corrected chi connectivity index (χ1v) is 8.40. The lowest BCUT2D eigenvalue weighted by atomic mass is 10.3. The molecule has 1 aromatic carbocycles. The molecule has 0 aliphatic carbocycles. The van der Waals surface area contributed by atoms with Gasteiger partial charge in [0.2, 0.25) is 10.0 Å². The van der Waals surface area contributed by atoms with Crippen molar-refractivity contribution in [3.05, 3.63) is 48.4 Å². The first kappa shape index (κ1) is 17.1. The van der Waals surface area contributed by atoms with Gasteiger partial charge in [0.15, 0.2) is 5.11 Å². The van der Waals surface area contributed by atoms with E-state index in [0.29, 0.717) is 11.4 Å². The molecule has 0 atom stereocenters. The zero-order valence-electron chi connectivity index (χ0n) is 12.6. The number of nitrogens with one attached hydrogen (secondary N) is 2. The highest BCUT2D eigenvalue weighted by atomic mass is 32.2. The number of furan rings is 1. The molecule has 9 heteroatoms. The molecule has 0 amide bonds. The molecule has 2 N–H and O–H groups in total. The van der Waals surface area contributed by atoms with Gasteiger partial charge in [-0.3, -0.25) is 5.43 Å². The summed E-state index contributed by atoms with van der Waals surface area (Å²) in [7, 11) is -0.540. The molecule has 0 unspecified atom stereocenters. The Labute approximate surface area is 140 Å². The van der Waals surface area contributed by atoms with Gasteiger partial charge in [0.25, 0.3) is 0 Å². The minimum atomic E-state index is -3.49. The highest BCUT2D eigenvalue weighted by Crippen LogP contribution is 2.17. The van der Waals surface area contributed by atoms with Crippen molar-refractivity contribution in [2.45, 2.75) is 4.90 Å². The van der Waals surface area contributed by atoms with Gasteiger partial charge in [-0.25, -0.2) is 12.7 Å². The number of rotatable bonds is 5. The van der Waals surface area contributed by atoms with Gasteiger partial charge in [-0.2, -0.15) is 5.10 Å². The van der Waals surface area contributed by atoms with E-state index >= 15 is 0 Å². The summed E-state index contributed by atoms with van der Waals surface area (Å²) in [6, 6.07) is 9.85. The Morgan fingerprint density at radius 1 is 1.30 bits per heavy atom. The molecule has 2 rings (SSSR count). The van der Waals surface area contributed by atoms with Gasteiger partial charge in [0.05, 0.1) is 17.4 Å². The summed E-state index contributed by atoms with van der Waals surface area (Å²) in [6.45, 7) is 0. The van der Waals surface area contributed by atoms with Gasteiger partial charge in [0, 0.05) is 19.8 Å². The SMILES string of the molecule is CN(C)S(=O)(=O)c1cccc(NC(=S)NN=Cc2ccco2)c1. The zero-order chi connectivity index (χ0) is 16.9. The second-order valence-corrected chi connectivity index (χ2v) is 7.21. The van der Waals surface area contributed by atoms with Crippen LogP contribution >= 0.6 is 12.2 Å². The normalized spacial score (nSPS) is 11.8. The average Bonchev–Trinajstić information content (AvgIpc) is 3.00. The van der Waals surface area contributed by atoms with Crippen molar-refractivity contribution >= 4 is 39.3 Å². The van der Waals surface area contributed by atoms with E-state index in [9.17, 15) is 8.42 Å². The fourth-order valence-electron chi connectivity index (χ4n) is 1.62. The number of nitrogens with zero attached hydrogens (tertiary/aromatic N) is 2. The van der Waals surface area contributed by atoms with Crippen LogP contribution in [0.25, 0.3) is 0 Å². The van der Waals surface area contributed by atoms with Crippen LogP contribution in [0.5, 0.6) is 0 Å². The van der Waals surface area contributed by atoms with Crippen LogP contribution in [0, 0.1) is 0 Å². The molecule has 0 fully saturated rings. The van der Waals surface area contributed by atoms with Crippen LogP contribution in [0.1, 0.15) is 5.76 Å². The molecule has 0 saturated heterocycles. The lowest BCUT2D eigenvalue weighted by Crippen LogP contribution is -2.25. The highest BCUT2D eigenvalue weighted by Gasteiger charge is 2.17. The highest BCUT2D eigenvalue weighted by molar-refractivity contribution is 7.89. The van der Waals surface area contributed by atoms with E-state index < -0.39 is 10.0 Å². The molecule has 23 heavy (non-hydrogen) atoms. The lowest BCUT2D eigenvalue weighted by molar-refractivity contribution is 0.521. The van der Waals surface area contributed by atoms with Crippen molar-refractivity contribution in [3.8, 4) is 0 Å². The fourth-order valence-corrected chi connectivity index (χ4v) is 2.74. The molecule has 0 saturated carbocycles. The number of hydrogen-bond acceptors (Lipinski definition) is 5. The van der Waals surface area contributed by atoms with E-state index in [1.54, 1.807) is 24.3 Å². The lowest BCUT2D eigenvalue weighted by Gasteiger charge is -2.13. The third kappa shape index (κ3) is 4.62. The molecule has 122 valence electrons. The van der Waals surface area contributed by atoms with Crippen molar-refractivity contribution in [1.29, 1.82) is 0 Å². The maximum absolute atomic E-state index is 12.1. The Hall–Kier alpha value is -2.23. The van der Waals surface area contributed by atoms with Crippen LogP contribution in [0.4, 0.5) is 5.69 Å². The number of anilines is 1. The van der Waals surface area contributed by atoms with Gasteiger partial charge >= 0.3 is 0 Å². The largest absolute Gasteiger partial charge is 0.463 e. The monoisotopic (exact) mass is 352 g/mol. The van der Waals surface area contributed by atoms with Crippen LogP contribution in [-0.4, -0.2) is 38.1 Å². The van der Waals surface area contributed by atoms with Crippen molar-refractivity contribution in [3.63, 3.8) is 0 Å². The summed E-state index contributed by atoms with van der Waals surface area (Å²) in [4.78, 5) is 0.175. The van der Waals surface area contributed by atoms with Gasteiger partial charge in [0.1, 0.15) is 5.76 Å². The number of benzene rings is 1. The number of sulfonamides is 1. The Balaban J connectivity index is 2.01. The van der Waals surface area contributed by atoms with Crippen molar-refractivity contribution in [2.24, 2.45) is 5.10 Å². The minimum absolute atomic E-state index is 0.175. The Kier molecular flexibility index (Phi) is 5.48. The summed E-state index contributed by atoms with van der Waals surface area (Å²) in [5, 5.41) is 7.01. The van der Waals surface area contributed by atoms with E-state index in [4.69, 9.17) is 16.6 Å².